The van der Waals surface area contributed by atoms with Crippen molar-refractivity contribution >= 4 is 15.7 Å². The maximum absolute atomic E-state index is 13.4. The summed E-state index contributed by atoms with van der Waals surface area (Å²) >= 11 is 0. The first-order chi connectivity index (χ1) is 12.4. The average molecular weight is 375 g/mol. The van der Waals surface area contributed by atoms with Crippen LogP contribution < -0.4 is 5.32 Å². The predicted molar refractivity (Wildman–Crippen MR) is 89.8 cm³/mol. The largest absolute Gasteiger partial charge is 0.345 e. The lowest BCUT2D eigenvalue weighted by molar-refractivity contribution is 0.0946. The number of carbonyl (C=O) groups excluding carboxylic acids is 1. The topological polar surface area (TPSA) is 107 Å². The molecule has 1 amide bonds. The number of halogens is 1. The van der Waals surface area contributed by atoms with E-state index in [1.54, 1.807) is 12.1 Å². The lowest BCUT2D eigenvalue weighted by atomic mass is 10.2. The second-order valence-corrected chi connectivity index (χ2v) is 7.42. The molecule has 0 radical (unpaired) electrons. The summed E-state index contributed by atoms with van der Waals surface area (Å²) in [5.41, 5.74) is 0.426. The zero-order valence-electron chi connectivity index (χ0n) is 13.6. The molecular formula is C16H14FN5O3S. The number of benzene rings is 2. The average Bonchev–Trinajstić information content (AvgIpc) is 3.07. The Morgan fingerprint density at radius 2 is 1.96 bits per heavy atom. The van der Waals surface area contributed by atoms with Crippen molar-refractivity contribution in [3.8, 4) is 5.69 Å². The normalized spacial score (nSPS) is 11.3. The zero-order chi connectivity index (χ0) is 18.7. The van der Waals surface area contributed by atoms with Crippen molar-refractivity contribution in [1.29, 1.82) is 0 Å². The highest BCUT2D eigenvalue weighted by Crippen LogP contribution is 2.15. The molecule has 0 aliphatic carbocycles. The number of amides is 1. The maximum Gasteiger partial charge on any atom is 0.252 e. The molecule has 1 N–H and O–H groups in total. The van der Waals surface area contributed by atoms with Crippen molar-refractivity contribution in [3.05, 3.63) is 65.7 Å². The van der Waals surface area contributed by atoms with Gasteiger partial charge in [0.2, 0.25) is 0 Å². The molecule has 134 valence electrons. The van der Waals surface area contributed by atoms with Crippen molar-refractivity contribution in [2.45, 2.75) is 11.4 Å². The quantitative estimate of drug-likeness (QED) is 0.717. The first-order valence-corrected chi connectivity index (χ1v) is 9.36. The molecule has 0 atom stereocenters. The second-order valence-electron chi connectivity index (χ2n) is 5.44. The van der Waals surface area contributed by atoms with Crippen LogP contribution in [-0.2, 0) is 16.4 Å². The Hall–Kier alpha value is -3.14. The number of sulfone groups is 1. The van der Waals surface area contributed by atoms with Crippen LogP contribution in [0.3, 0.4) is 0 Å². The minimum Gasteiger partial charge on any atom is -0.345 e. The minimum atomic E-state index is -3.55. The van der Waals surface area contributed by atoms with Gasteiger partial charge >= 0.3 is 0 Å². The first kappa shape index (κ1) is 17.7. The molecule has 0 aliphatic heterocycles. The SMILES string of the molecule is CS(=O)(=O)c1ccccc1C(=O)NCc1nnnn1-c1cccc(F)c1. The van der Waals surface area contributed by atoms with Gasteiger partial charge in [0.25, 0.3) is 5.91 Å². The summed E-state index contributed by atoms with van der Waals surface area (Å²) < 4.78 is 38.3. The van der Waals surface area contributed by atoms with Crippen LogP contribution in [0.4, 0.5) is 4.39 Å². The van der Waals surface area contributed by atoms with Crippen LogP contribution in [0.1, 0.15) is 16.2 Å². The third-order valence-electron chi connectivity index (χ3n) is 3.53. The van der Waals surface area contributed by atoms with E-state index in [0.29, 0.717) is 5.69 Å². The first-order valence-electron chi connectivity index (χ1n) is 7.47. The molecule has 0 unspecified atom stereocenters. The van der Waals surface area contributed by atoms with Gasteiger partial charge in [0, 0.05) is 6.26 Å². The summed E-state index contributed by atoms with van der Waals surface area (Å²) in [6.07, 6.45) is 1.03. The standard InChI is InChI=1S/C16H14FN5O3S/c1-26(24,25)14-8-3-2-7-13(14)16(23)18-10-15-19-20-21-22(15)12-6-4-5-11(17)9-12/h2-9H,10H2,1H3,(H,18,23). The number of carbonyl (C=O) groups is 1. The number of hydrogen-bond acceptors (Lipinski definition) is 6. The molecule has 3 rings (SSSR count). The van der Waals surface area contributed by atoms with Gasteiger partial charge in [-0.15, -0.1) is 5.10 Å². The van der Waals surface area contributed by atoms with Gasteiger partial charge in [-0.25, -0.2) is 12.8 Å². The number of tetrazole rings is 1. The highest BCUT2D eigenvalue weighted by molar-refractivity contribution is 7.90. The highest BCUT2D eigenvalue weighted by Gasteiger charge is 2.19. The fraction of sp³-hybridized carbons (Fsp3) is 0.125. The summed E-state index contributed by atoms with van der Waals surface area (Å²) in [6, 6.07) is 11.6. The Balaban J connectivity index is 1.82. The third kappa shape index (κ3) is 3.75. The molecule has 8 nitrogen and oxygen atoms in total. The van der Waals surface area contributed by atoms with E-state index < -0.39 is 21.6 Å². The number of hydrogen-bond donors (Lipinski definition) is 1. The highest BCUT2D eigenvalue weighted by atomic mass is 32.2. The minimum absolute atomic E-state index is 0.0276. The monoisotopic (exact) mass is 375 g/mol. The fourth-order valence-corrected chi connectivity index (χ4v) is 3.24. The zero-order valence-corrected chi connectivity index (χ0v) is 14.4. The van der Waals surface area contributed by atoms with Gasteiger partial charge in [-0.3, -0.25) is 4.79 Å². The maximum atomic E-state index is 13.4. The van der Waals surface area contributed by atoms with E-state index in [0.717, 1.165) is 6.26 Å². The Bertz CT molecular complexity index is 1070. The number of nitrogens with one attached hydrogen (secondary N) is 1. The van der Waals surface area contributed by atoms with Crippen molar-refractivity contribution in [2.24, 2.45) is 0 Å². The van der Waals surface area contributed by atoms with Crippen molar-refractivity contribution in [3.63, 3.8) is 0 Å². The molecule has 26 heavy (non-hydrogen) atoms. The number of nitrogens with zero attached hydrogens (tertiary/aromatic N) is 4. The molecule has 0 bridgehead atoms. The van der Waals surface area contributed by atoms with Crippen LogP contribution in [0.15, 0.2) is 53.4 Å². The fourth-order valence-electron chi connectivity index (χ4n) is 2.36. The number of aromatic nitrogens is 4. The Kier molecular flexibility index (Phi) is 4.76. The van der Waals surface area contributed by atoms with E-state index in [1.807, 2.05) is 0 Å². The lowest BCUT2D eigenvalue weighted by Gasteiger charge is -2.09. The Labute approximate surface area is 148 Å². The molecule has 0 fully saturated rings. The summed E-state index contributed by atoms with van der Waals surface area (Å²) in [6.45, 7) is -0.0690. The van der Waals surface area contributed by atoms with E-state index in [9.17, 15) is 17.6 Å². The van der Waals surface area contributed by atoms with Gasteiger partial charge in [-0.1, -0.05) is 18.2 Å². The Morgan fingerprint density at radius 3 is 2.69 bits per heavy atom. The molecule has 3 aromatic rings. The predicted octanol–water partition coefficient (Wildman–Crippen LogP) is 1.13. The van der Waals surface area contributed by atoms with Crippen LogP contribution >= 0.6 is 0 Å². The van der Waals surface area contributed by atoms with E-state index in [4.69, 9.17) is 0 Å². The molecule has 1 heterocycles. The molecule has 0 aliphatic rings. The molecule has 0 saturated carbocycles. The van der Waals surface area contributed by atoms with Crippen LogP contribution in [0.2, 0.25) is 0 Å². The summed E-state index contributed by atoms with van der Waals surface area (Å²) in [7, 11) is -3.55. The van der Waals surface area contributed by atoms with Gasteiger partial charge in [-0.05, 0) is 40.8 Å². The molecule has 1 aromatic heterocycles. The van der Waals surface area contributed by atoms with Gasteiger partial charge in [-0.2, -0.15) is 4.68 Å². The van der Waals surface area contributed by atoms with E-state index >= 15 is 0 Å². The molecule has 0 saturated heterocycles. The van der Waals surface area contributed by atoms with E-state index in [2.05, 4.69) is 20.8 Å². The third-order valence-corrected chi connectivity index (χ3v) is 4.68. The summed E-state index contributed by atoms with van der Waals surface area (Å²) in [5, 5.41) is 13.7. The molecular weight excluding hydrogens is 361 g/mol. The van der Waals surface area contributed by atoms with Gasteiger partial charge < -0.3 is 5.32 Å². The smallest absolute Gasteiger partial charge is 0.252 e. The summed E-state index contributed by atoms with van der Waals surface area (Å²) in [5.74, 6) is -0.768. The van der Waals surface area contributed by atoms with Crippen LogP contribution in [0.5, 0.6) is 0 Å². The second kappa shape index (κ2) is 7.00. The van der Waals surface area contributed by atoms with E-state index in [-0.39, 0.29) is 22.8 Å². The van der Waals surface area contributed by atoms with Crippen LogP contribution in [0.25, 0.3) is 5.69 Å². The molecule has 10 heteroatoms. The van der Waals surface area contributed by atoms with Crippen LogP contribution in [-0.4, -0.2) is 40.8 Å². The van der Waals surface area contributed by atoms with Crippen molar-refractivity contribution in [2.75, 3.05) is 6.26 Å². The van der Waals surface area contributed by atoms with E-state index in [1.165, 1.54) is 41.1 Å². The molecule has 2 aromatic carbocycles. The molecule has 0 spiro atoms. The number of rotatable bonds is 5. The Morgan fingerprint density at radius 1 is 1.19 bits per heavy atom. The van der Waals surface area contributed by atoms with Gasteiger partial charge in [0.15, 0.2) is 15.7 Å². The van der Waals surface area contributed by atoms with Gasteiger partial charge in [0.05, 0.1) is 22.7 Å². The summed E-state index contributed by atoms with van der Waals surface area (Å²) in [4.78, 5) is 12.3. The lowest BCUT2D eigenvalue weighted by Crippen LogP contribution is -2.26. The van der Waals surface area contributed by atoms with Gasteiger partial charge in [0.1, 0.15) is 5.82 Å². The van der Waals surface area contributed by atoms with Crippen LogP contribution in [0, 0.1) is 5.82 Å². The van der Waals surface area contributed by atoms with Crippen molar-refractivity contribution < 1.29 is 17.6 Å². The van der Waals surface area contributed by atoms with Crippen molar-refractivity contribution in [1.82, 2.24) is 25.5 Å².